The fourth-order valence-corrected chi connectivity index (χ4v) is 6.59. The number of hydrogen-bond acceptors (Lipinski definition) is 4. The Labute approximate surface area is 306 Å². The summed E-state index contributed by atoms with van der Waals surface area (Å²) in [5, 5.41) is 6.10. The molecule has 49 heavy (non-hydrogen) atoms. The second kappa shape index (κ2) is 41.3. The van der Waals surface area contributed by atoms with E-state index in [9.17, 15) is 9.59 Å². The summed E-state index contributed by atoms with van der Waals surface area (Å²) in [6.07, 6.45) is 41.5. The summed E-state index contributed by atoms with van der Waals surface area (Å²) >= 11 is 0. The predicted molar refractivity (Wildman–Crippen MR) is 211 cm³/mol. The molecule has 0 radical (unpaired) electrons. The van der Waals surface area contributed by atoms with E-state index in [1.54, 1.807) is 7.11 Å². The predicted octanol–water partition coefficient (Wildman–Crippen LogP) is 12.2. The van der Waals surface area contributed by atoms with Crippen LogP contribution in [0.2, 0.25) is 0 Å². The van der Waals surface area contributed by atoms with Gasteiger partial charge in [-0.15, -0.1) is 0 Å². The van der Waals surface area contributed by atoms with Crippen LogP contribution >= 0.6 is 0 Å². The molecule has 0 atom stereocenters. The molecule has 2 N–H and O–H groups in total. The lowest BCUT2D eigenvalue weighted by Crippen LogP contribution is -2.41. The van der Waals surface area contributed by atoms with E-state index in [2.05, 4.69) is 24.5 Å². The highest BCUT2D eigenvalue weighted by atomic mass is 16.5. The van der Waals surface area contributed by atoms with E-state index >= 15 is 0 Å². The minimum Gasteiger partial charge on any atom is -0.385 e. The van der Waals surface area contributed by atoms with Gasteiger partial charge in [0.25, 0.3) is 0 Å². The van der Waals surface area contributed by atoms with E-state index in [1.807, 2.05) is 0 Å². The molecule has 2 amide bonds. The molecule has 0 aliphatic carbocycles. The third-order valence-electron chi connectivity index (χ3n) is 9.91. The summed E-state index contributed by atoms with van der Waals surface area (Å²) in [5.74, 6) is 0.175. The Hall–Kier alpha value is -1.14. The van der Waals surface area contributed by atoms with Crippen LogP contribution in [0.5, 0.6) is 0 Å². The zero-order chi connectivity index (χ0) is 35.7. The van der Waals surface area contributed by atoms with Crippen molar-refractivity contribution < 1.29 is 19.1 Å². The van der Waals surface area contributed by atoms with Crippen molar-refractivity contribution >= 4 is 11.8 Å². The van der Waals surface area contributed by atoms with E-state index in [-0.39, 0.29) is 17.9 Å². The molecule has 0 saturated carbocycles. The van der Waals surface area contributed by atoms with E-state index < -0.39 is 0 Å². The fourth-order valence-electron chi connectivity index (χ4n) is 6.59. The summed E-state index contributed by atoms with van der Waals surface area (Å²) in [4.78, 5) is 25.0. The quantitative estimate of drug-likeness (QED) is 0.0625. The van der Waals surface area contributed by atoms with Gasteiger partial charge in [-0.25, -0.2) is 0 Å². The van der Waals surface area contributed by atoms with Gasteiger partial charge in [0.2, 0.25) is 11.8 Å². The number of rotatable bonds is 41. The first-order valence-corrected chi connectivity index (χ1v) is 21.8. The summed E-state index contributed by atoms with van der Waals surface area (Å²) in [7, 11) is 1.69. The largest absolute Gasteiger partial charge is 0.385 e. The topological polar surface area (TPSA) is 76.7 Å². The number of carbonyl (C=O) groups is 2. The maximum absolute atomic E-state index is 12.5. The van der Waals surface area contributed by atoms with Gasteiger partial charge in [0.05, 0.1) is 6.10 Å². The van der Waals surface area contributed by atoms with Crippen molar-refractivity contribution in [2.24, 2.45) is 0 Å². The molecule has 0 spiro atoms. The summed E-state index contributed by atoms with van der Waals surface area (Å²) in [6, 6.07) is 0. The van der Waals surface area contributed by atoms with Crippen molar-refractivity contribution in [3.05, 3.63) is 0 Å². The molecule has 0 fully saturated rings. The highest BCUT2D eigenvalue weighted by molar-refractivity contribution is 5.76. The van der Waals surface area contributed by atoms with Crippen LogP contribution < -0.4 is 10.6 Å². The van der Waals surface area contributed by atoms with Crippen molar-refractivity contribution in [2.45, 2.75) is 232 Å². The average molecular weight is 695 g/mol. The Kier molecular flexibility index (Phi) is 40.3. The lowest BCUT2D eigenvalue weighted by molar-refractivity contribution is -0.122. The van der Waals surface area contributed by atoms with Crippen LogP contribution in [0.3, 0.4) is 0 Å². The SMILES string of the molecule is CCCCCCCCCCCCCCCCCC(=O)NCC(CNC(=O)CCCCCCCCCCCCCCCCC)OCCCOC. The number of unbranched alkanes of at least 4 members (excludes halogenated alkanes) is 28. The molecule has 0 aromatic heterocycles. The molecule has 6 nitrogen and oxygen atoms in total. The van der Waals surface area contributed by atoms with Crippen molar-refractivity contribution in [1.82, 2.24) is 10.6 Å². The van der Waals surface area contributed by atoms with Gasteiger partial charge >= 0.3 is 0 Å². The highest BCUT2D eigenvalue weighted by Gasteiger charge is 2.13. The zero-order valence-corrected chi connectivity index (χ0v) is 33.4. The first kappa shape index (κ1) is 47.9. The normalized spacial score (nSPS) is 11.4. The van der Waals surface area contributed by atoms with Crippen molar-refractivity contribution in [2.75, 3.05) is 33.4 Å². The van der Waals surface area contributed by atoms with Crippen molar-refractivity contribution in [3.63, 3.8) is 0 Å². The molecule has 0 rings (SSSR count). The van der Waals surface area contributed by atoms with Gasteiger partial charge in [-0.2, -0.15) is 0 Å². The van der Waals surface area contributed by atoms with E-state index in [1.165, 1.54) is 167 Å². The second-order valence-electron chi connectivity index (χ2n) is 14.8. The Bertz CT molecular complexity index is 624. The number of nitrogens with one attached hydrogen (secondary N) is 2. The fraction of sp³-hybridized carbons (Fsp3) is 0.953. The Morgan fingerprint density at radius 3 is 0.980 bits per heavy atom. The van der Waals surface area contributed by atoms with Gasteiger partial charge in [-0.3, -0.25) is 9.59 Å². The van der Waals surface area contributed by atoms with Crippen LogP contribution in [0.25, 0.3) is 0 Å². The molecular formula is C43H86N2O4. The minimum atomic E-state index is -0.216. The molecule has 6 heteroatoms. The minimum absolute atomic E-state index is 0.0873. The lowest BCUT2D eigenvalue weighted by atomic mass is 10.0. The monoisotopic (exact) mass is 695 g/mol. The summed E-state index contributed by atoms with van der Waals surface area (Å²) in [6.45, 7) is 6.63. The summed E-state index contributed by atoms with van der Waals surface area (Å²) in [5.41, 5.74) is 0. The van der Waals surface area contributed by atoms with Crippen LogP contribution in [0, 0.1) is 0 Å². The standard InChI is InChI=1S/C43H86N2O4/c1-4-6-8-10-12-14-16-18-20-22-24-26-28-30-32-35-42(46)44-39-41(49-38-34-37-48-3)40-45-43(47)36-33-31-29-27-25-23-21-19-17-15-13-11-9-7-5-2/h41H,4-40H2,1-3H3,(H,44,46)(H,45,47). The molecule has 0 aromatic rings. The molecule has 0 aromatic carbocycles. The average Bonchev–Trinajstić information content (AvgIpc) is 3.10. The molecule has 0 unspecified atom stereocenters. The van der Waals surface area contributed by atoms with Gasteiger partial charge in [0.1, 0.15) is 0 Å². The number of carbonyl (C=O) groups excluding carboxylic acids is 2. The van der Waals surface area contributed by atoms with E-state index in [0.29, 0.717) is 39.1 Å². The molecule has 0 aliphatic heterocycles. The Morgan fingerprint density at radius 2 is 0.694 bits per heavy atom. The van der Waals surface area contributed by atoms with E-state index in [0.717, 1.165) is 32.1 Å². The van der Waals surface area contributed by atoms with Gasteiger partial charge in [0, 0.05) is 46.3 Å². The van der Waals surface area contributed by atoms with Gasteiger partial charge < -0.3 is 20.1 Å². The first-order chi connectivity index (χ1) is 24.1. The molecule has 0 heterocycles. The maximum Gasteiger partial charge on any atom is 0.220 e. The Balaban J connectivity index is 3.82. The van der Waals surface area contributed by atoms with Crippen LogP contribution in [0.4, 0.5) is 0 Å². The van der Waals surface area contributed by atoms with Crippen LogP contribution in [-0.4, -0.2) is 51.3 Å². The van der Waals surface area contributed by atoms with Gasteiger partial charge in [-0.1, -0.05) is 194 Å². The maximum atomic E-state index is 12.5. The highest BCUT2D eigenvalue weighted by Crippen LogP contribution is 2.15. The summed E-state index contributed by atoms with van der Waals surface area (Å²) < 4.78 is 11.1. The van der Waals surface area contributed by atoms with Crippen molar-refractivity contribution in [3.8, 4) is 0 Å². The molecule has 0 aliphatic rings. The molecular weight excluding hydrogens is 608 g/mol. The molecule has 292 valence electrons. The third kappa shape index (κ3) is 39.5. The van der Waals surface area contributed by atoms with Gasteiger partial charge in [0.15, 0.2) is 0 Å². The first-order valence-electron chi connectivity index (χ1n) is 21.8. The smallest absolute Gasteiger partial charge is 0.220 e. The van der Waals surface area contributed by atoms with Gasteiger partial charge in [-0.05, 0) is 19.3 Å². The Morgan fingerprint density at radius 1 is 0.408 bits per heavy atom. The lowest BCUT2D eigenvalue weighted by Gasteiger charge is -2.19. The molecule has 0 saturated heterocycles. The number of methoxy groups -OCH3 is 1. The number of hydrogen-bond donors (Lipinski definition) is 2. The number of ether oxygens (including phenoxy) is 2. The van der Waals surface area contributed by atoms with Crippen LogP contribution in [0.1, 0.15) is 226 Å². The van der Waals surface area contributed by atoms with Crippen molar-refractivity contribution in [1.29, 1.82) is 0 Å². The second-order valence-corrected chi connectivity index (χ2v) is 14.8. The van der Waals surface area contributed by atoms with E-state index in [4.69, 9.17) is 9.47 Å². The van der Waals surface area contributed by atoms with Crippen LogP contribution in [-0.2, 0) is 19.1 Å². The molecule has 0 bridgehead atoms. The zero-order valence-electron chi connectivity index (χ0n) is 33.4. The third-order valence-corrected chi connectivity index (χ3v) is 9.91. The van der Waals surface area contributed by atoms with Crippen LogP contribution in [0.15, 0.2) is 0 Å². The number of amides is 2.